The molecule has 0 heterocycles. The van der Waals surface area contributed by atoms with Gasteiger partial charge in [-0.25, -0.2) is 0 Å². The Hall–Kier alpha value is -1.30. The highest BCUT2D eigenvalue weighted by molar-refractivity contribution is 5.16. The highest BCUT2D eigenvalue weighted by atomic mass is 19.3. The Bertz CT molecular complexity index is 397. The van der Waals surface area contributed by atoms with E-state index in [0.29, 0.717) is 14.0 Å². The molecule has 0 saturated heterocycles. The van der Waals surface area contributed by atoms with E-state index >= 15 is 0 Å². The lowest BCUT2D eigenvalue weighted by atomic mass is 9.87. The second-order valence-corrected chi connectivity index (χ2v) is 3.82. The first-order valence-corrected chi connectivity index (χ1v) is 4.87. The largest absolute Gasteiger partial charge is 0.372 e. The Morgan fingerprint density at radius 1 is 1.16 bits per heavy atom. The van der Waals surface area contributed by atoms with Crippen LogP contribution in [0, 0.1) is 11.3 Å². The fourth-order valence-corrected chi connectivity index (χ4v) is 1.27. The van der Waals surface area contributed by atoms with Gasteiger partial charge in [-0.1, -0.05) is 0 Å². The van der Waals surface area contributed by atoms with Gasteiger partial charge >= 0.3 is 17.9 Å². The number of ether oxygens (including phenoxy) is 1. The van der Waals surface area contributed by atoms with E-state index in [0.717, 1.165) is 0 Å². The number of nitrogens with zero attached hydrogens (tertiary/aromatic N) is 1. The molecule has 1 atom stereocenters. The zero-order valence-electron chi connectivity index (χ0n) is 9.92. The molecule has 0 N–H and O–H groups in total. The Balaban J connectivity index is 5.69. The Morgan fingerprint density at radius 2 is 1.63 bits per heavy atom. The van der Waals surface area contributed by atoms with Crippen molar-refractivity contribution in [2.45, 2.75) is 37.2 Å². The summed E-state index contributed by atoms with van der Waals surface area (Å²) < 4.78 is 93.8. The van der Waals surface area contributed by atoms with Gasteiger partial charge in [0.25, 0.3) is 0 Å². The van der Waals surface area contributed by atoms with Gasteiger partial charge in [-0.15, -0.1) is 0 Å². The maximum atomic E-state index is 13.6. The zero-order chi connectivity index (χ0) is 15.5. The SMILES string of the molecule is COC(C)(CCC#N)C(F)(F)C(F)(F)C(F)=C(F)F. The Labute approximate surface area is 104 Å². The first-order valence-electron chi connectivity index (χ1n) is 4.87. The van der Waals surface area contributed by atoms with Crippen LogP contribution in [0.4, 0.5) is 30.7 Å². The molecule has 0 fully saturated rings. The van der Waals surface area contributed by atoms with Gasteiger partial charge in [0.1, 0.15) is 5.60 Å². The molecular weight excluding hydrogens is 283 g/mol. The van der Waals surface area contributed by atoms with Gasteiger partial charge in [-0.05, 0) is 13.3 Å². The lowest BCUT2D eigenvalue weighted by Crippen LogP contribution is -2.58. The van der Waals surface area contributed by atoms with Crippen molar-refractivity contribution in [2.24, 2.45) is 0 Å². The fraction of sp³-hybridized carbons (Fsp3) is 0.700. The second-order valence-electron chi connectivity index (χ2n) is 3.82. The molecule has 0 bridgehead atoms. The summed E-state index contributed by atoms with van der Waals surface area (Å²) in [5.41, 5.74) is -2.97. The summed E-state index contributed by atoms with van der Waals surface area (Å²) >= 11 is 0. The molecule has 110 valence electrons. The van der Waals surface area contributed by atoms with Crippen molar-refractivity contribution in [1.82, 2.24) is 0 Å². The number of nitriles is 1. The lowest BCUT2D eigenvalue weighted by molar-refractivity contribution is -0.286. The number of hydrogen-bond donors (Lipinski definition) is 0. The quantitative estimate of drug-likeness (QED) is 0.692. The minimum atomic E-state index is -5.74. The summed E-state index contributed by atoms with van der Waals surface area (Å²) in [6, 6.07) is 1.42. The summed E-state index contributed by atoms with van der Waals surface area (Å²) in [4.78, 5) is 0. The van der Waals surface area contributed by atoms with Crippen LogP contribution in [0.3, 0.4) is 0 Å². The van der Waals surface area contributed by atoms with Crippen molar-refractivity contribution in [1.29, 1.82) is 5.26 Å². The topological polar surface area (TPSA) is 33.0 Å². The van der Waals surface area contributed by atoms with Gasteiger partial charge < -0.3 is 4.74 Å². The minimum absolute atomic E-state index is 0.488. The van der Waals surface area contributed by atoms with Crippen molar-refractivity contribution in [3.63, 3.8) is 0 Å². The average Bonchev–Trinajstić information content (AvgIpc) is 2.34. The molecule has 19 heavy (non-hydrogen) atoms. The van der Waals surface area contributed by atoms with E-state index in [1.807, 2.05) is 0 Å². The summed E-state index contributed by atoms with van der Waals surface area (Å²) in [5, 5.41) is 8.25. The molecule has 0 aromatic heterocycles. The molecule has 0 aliphatic carbocycles. The van der Waals surface area contributed by atoms with E-state index in [-0.39, 0.29) is 0 Å². The van der Waals surface area contributed by atoms with Crippen LogP contribution >= 0.6 is 0 Å². The molecule has 0 radical (unpaired) electrons. The molecule has 9 heteroatoms. The zero-order valence-corrected chi connectivity index (χ0v) is 9.92. The van der Waals surface area contributed by atoms with Crippen molar-refractivity contribution in [3.05, 3.63) is 11.9 Å². The number of rotatable bonds is 6. The van der Waals surface area contributed by atoms with E-state index in [1.54, 1.807) is 0 Å². The third kappa shape index (κ3) is 3.00. The van der Waals surface area contributed by atoms with Crippen LogP contribution < -0.4 is 0 Å². The Kier molecular flexibility index (Phi) is 5.38. The van der Waals surface area contributed by atoms with Crippen LogP contribution in [0.25, 0.3) is 0 Å². The number of alkyl halides is 4. The molecule has 0 rings (SSSR count). The van der Waals surface area contributed by atoms with Gasteiger partial charge in [0.05, 0.1) is 6.07 Å². The minimum Gasteiger partial charge on any atom is -0.372 e. The first-order chi connectivity index (χ1) is 8.48. The maximum absolute atomic E-state index is 13.6. The molecule has 0 aliphatic rings. The van der Waals surface area contributed by atoms with E-state index in [9.17, 15) is 30.7 Å². The summed E-state index contributed by atoms with van der Waals surface area (Å²) in [6.45, 7) is 0.488. The van der Waals surface area contributed by atoms with Gasteiger partial charge in [-0.2, -0.15) is 36.0 Å². The lowest BCUT2D eigenvalue weighted by Gasteiger charge is -2.39. The average molecular weight is 293 g/mol. The van der Waals surface area contributed by atoms with E-state index in [2.05, 4.69) is 4.74 Å². The molecule has 0 aromatic carbocycles. The van der Waals surface area contributed by atoms with Crippen LogP contribution in [0.15, 0.2) is 11.9 Å². The van der Waals surface area contributed by atoms with Crippen LogP contribution in [-0.4, -0.2) is 24.6 Å². The number of allylic oxidation sites excluding steroid dienone is 1. The predicted molar refractivity (Wildman–Crippen MR) is 50.5 cm³/mol. The first kappa shape index (κ1) is 17.7. The molecule has 2 nitrogen and oxygen atoms in total. The monoisotopic (exact) mass is 293 g/mol. The van der Waals surface area contributed by atoms with Crippen LogP contribution in [0.5, 0.6) is 0 Å². The normalized spacial score (nSPS) is 15.6. The summed E-state index contributed by atoms with van der Waals surface area (Å²) in [6.07, 6.45) is -5.02. The number of halogens is 7. The molecule has 0 aromatic rings. The molecule has 0 amide bonds. The van der Waals surface area contributed by atoms with Crippen molar-refractivity contribution >= 4 is 0 Å². The number of hydrogen-bond acceptors (Lipinski definition) is 2. The van der Waals surface area contributed by atoms with Crippen LogP contribution in [-0.2, 0) is 4.74 Å². The predicted octanol–water partition coefficient (Wildman–Crippen LogP) is 4.04. The van der Waals surface area contributed by atoms with Gasteiger partial charge in [0.2, 0.25) is 5.83 Å². The third-order valence-electron chi connectivity index (χ3n) is 2.66. The van der Waals surface area contributed by atoms with Gasteiger partial charge in [-0.3, -0.25) is 0 Å². The van der Waals surface area contributed by atoms with E-state index in [1.165, 1.54) is 6.07 Å². The molecule has 1 unspecified atom stereocenters. The van der Waals surface area contributed by atoms with Crippen LogP contribution in [0.2, 0.25) is 0 Å². The van der Waals surface area contributed by atoms with Crippen molar-refractivity contribution in [3.8, 4) is 6.07 Å². The Morgan fingerprint density at radius 3 is 1.95 bits per heavy atom. The van der Waals surface area contributed by atoms with Gasteiger partial charge in [0.15, 0.2) is 0 Å². The third-order valence-corrected chi connectivity index (χ3v) is 2.66. The van der Waals surface area contributed by atoms with Gasteiger partial charge in [0, 0.05) is 13.5 Å². The van der Waals surface area contributed by atoms with E-state index < -0.39 is 42.2 Å². The molecular formula is C10H10F7NO. The molecule has 0 aliphatic heterocycles. The summed E-state index contributed by atoms with van der Waals surface area (Å²) in [7, 11) is 0.634. The fourth-order valence-electron chi connectivity index (χ4n) is 1.27. The second kappa shape index (κ2) is 5.77. The van der Waals surface area contributed by atoms with Crippen molar-refractivity contribution in [2.75, 3.05) is 7.11 Å². The molecule has 0 spiro atoms. The van der Waals surface area contributed by atoms with Crippen molar-refractivity contribution < 1.29 is 35.5 Å². The maximum Gasteiger partial charge on any atom is 0.369 e. The van der Waals surface area contributed by atoms with E-state index in [4.69, 9.17) is 5.26 Å². The smallest absolute Gasteiger partial charge is 0.369 e. The van der Waals surface area contributed by atoms with Crippen LogP contribution in [0.1, 0.15) is 19.8 Å². The highest BCUT2D eigenvalue weighted by Gasteiger charge is 2.70. The standard InChI is InChI=1S/C10H10F7NO/c1-8(19-2,4-3-5-18)10(16,17)9(14,15)6(11)7(12)13/h3-4H2,1-2H3. The number of methoxy groups -OCH3 is 1. The summed E-state index contributed by atoms with van der Waals surface area (Å²) in [5.74, 6) is -14.5. The highest BCUT2D eigenvalue weighted by Crippen LogP contribution is 2.50. The molecule has 0 saturated carbocycles.